The van der Waals surface area contributed by atoms with Gasteiger partial charge in [0.05, 0.1) is 18.8 Å². The quantitative estimate of drug-likeness (QED) is 0.634. The van der Waals surface area contributed by atoms with Crippen molar-refractivity contribution in [3.8, 4) is 0 Å². The van der Waals surface area contributed by atoms with E-state index in [2.05, 4.69) is 14.8 Å². The second kappa shape index (κ2) is 6.71. The first-order valence-electron chi connectivity index (χ1n) is 7.04. The fraction of sp³-hybridized carbons (Fsp3) is 0.400. The Balaban J connectivity index is 1.66. The first-order chi connectivity index (χ1) is 10.7. The van der Waals surface area contributed by atoms with Crippen LogP contribution in [0.25, 0.3) is 0 Å². The Morgan fingerprint density at radius 1 is 1.41 bits per heavy atom. The first-order valence-corrected chi connectivity index (χ1v) is 8.41. The number of hydrogen-bond acceptors (Lipinski definition) is 5. The van der Waals surface area contributed by atoms with Crippen molar-refractivity contribution >= 4 is 29.3 Å². The molecule has 116 valence electrons. The molecule has 0 aliphatic carbocycles. The van der Waals surface area contributed by atoms with Crippen LogP contribution in [0.4, 0.5) is 0 Å². The highest BCUT2D eigenvalue weighted by atomic mass is 35.5. The summed E-state index contributed by atoms with van der Waals surface area (Å²) in [6.07, 6.45) is 1.38. The number of benzene rings is 1. The average Bonchev–Trinajstić information content (AvgIpc) is 2.96. The Kier molecular flexibility index (Phi) is 4.69. The number of ether oxygens (including phenoxy) is 1. The lowest BCUT2D eigenvalue weighted by Gasteiger charge is -2.21. The van der Waals surface area contributed by atoms with Gasteiger partial charge >= 0.3 is 5.97 Å². The highest BCUT2D eigenvalue weighted by molar-refractivity contribution is 7.98. The molecule has 1 atom stereocenters. The minimum absolute atomic E-state index is 0.0986. The van der Waals surface area contributed by atoms with Crippen LogP contribution in [0.2, 0.25) is 5.02 Å². The summed E-state index contributed by atoms with van der Waals surface area (Å²) in [5.74, 6) is 2.30. The van der Waals surface area contributed by atoms with Crippen molar-refractivity contribution in [2.45, 2.75) is 30.0 Å². The zero-order valence-electron chi connectivity index (χ0n) is 12.2. The second-order valence-electron chi connectivity index (χ2n) is 5.14. The molecule has 22 heavy (non-hydrogen) atoms. The summed E-state index contributed by atoms with van der Waals surface area (Å²) in [7, 11) is 1.43. The van der Waals surface area contributed by atoms with E-state index in [1.54, 1.807) is 11.8 Å². The largest absolute Gasteiger partial charge is 0.469 e. The Hall–Kier alpha value is -1.53. The number of hydrogen-bond donors (Lipinski definition) is 0. The second-order valence-corrected chi connectivity index (χ2v) is 6.62. The van der Waals surface area contributed by atoms with Gasteiger partial charge in [0.15, 0.2) is 0 Å². The first kappa shape index (κ1) is 15.4. The molecule has 2 heterocycles. The highest BCUT2D eigenvalue weighted by Crippen LogP contribution is 2.26. The van der Waals surface area contributed by atoms with E-state index in [9.17, 15) is 4.79 Å². The molecular weight excluding hydrogens is 322 g/mol. The van der Waals surface area contributed by atoms with Crippen LogP contribution in [0.5, 0.6) is 0 Å². The third kappa shape index (κ3) is 3.28. The Bertz CT molecular complexity index is 672. The van der Waals surface area contributed by atoms with Gasteiger partial charge < -0.3 is 9.30 Å². The lowest BCUT2D eigenvalue weighted by Crippen LogP contribution is -2.27. The summed E-state index contributed by atoms with van der Waals surface area (Å²) >= 11 is 7.58. The van der Waals surface area contributed by atoms with E-state index in [1.165, 1.54) is 7.11 Å². The fourth-order valence-electron chi connectivity index (χ4n) is 2.54. The van der Waals surface area contributed by atoms with Gasteiger partial charge in [-0.15, -0.1) is 22.0 Å². The van der Waals surface area contributed by atoms with Gasteiger partial charge in [-0.05, 0) is 30.7 Å². The number of fused-ring (bicyclic) bond motifs is 1. The zero-order chi connectivity index (χ0) is 15.5. The predicted molar refractivity (Wildman–Crippen MR) is 84.9 cm³/mol. The molecular formula is C15H16ClN3O2S. The van der Waals surface area contributed by atoms with Crippen LogP contribution in [0.1, 0.15) is 18.1 Å². The number of rotatable bonds is 4. The van der Waals surface area contributed by atoms with Crippen molar-refractivity contribution in [2.24, 2.45) is 5.92 Å². The molecule has 0 amide bonds. The third-order valence-corrected chi connectivity index (χ3v) is 5.01. The molecule has 7 heteroatoms. The van der Waals surface area contributed by atoms with Gasteiger partial charge in [-0.25, -0.2) is 0 Å². The minimum atomic E-state index is -0.161. The molecule has 0 N–H and O–H groups in total. The summed E-state index contributed by atoms with van der Waals surface area (Å²) in [5.41, 5.74) is 0. The molecule has 3 rings (SSSR count). The predicted octanol–water partition coefficient (Wildman–Crippen LogP) is 2.96. The van der Waals surface area contributed by atoms with Crippen molar-refractivity contribution in [3.63, 3.8) is 0 Å². The van der Waals surface area contributed by atoms with Gasteiger partial charge in [0.2, 0.25) is 0 Å². The van der Waals surface area contributed by atoms with Crippen LogP contribution in [0.3, 0.4) is 0 Å². The maximum Gasteiger partial charge on any atom is 0.309 e. The van der Waals surface area contributed by atoms with Crippen molar-refractivity contribution < 1.29 is 9.53 Å². The van der Waals surface area contributed by atoms with E-state index in [0.717, 1.165) is 40.3 Å². The Morgan fingerprint density at radius 3 is 2.91 bits per heavy atom. The van der Waals surface area contributed by atoms with Crippen molar-refractivity contribution in [3.05, 3.63) is 40.9 Å². The normalized spacial score (nSPS) is 17.1. The lowest BCUT2D eigenvalue weighted by atomic mass is 9.98. The molecule has 1 aromatic carbocycles. The topological polar surface area (TPSA) is 57.0 Å². The number of esters is 1. The van der Waals surface area contributed by atoms with E-state index in [4.69, 9.17) is 16.3 Å². The molecule has 0 bridgehead atoms. The third-order valence-electron chi connectivity index (χ3n) is 3.75. The van der Waals surface area contributed by atoms with Gasteiger partial charge in [0.25, 0.3) is 0 Å². The molecule has 0 radical (unpaired) electrons. The number of halogens is 1. The van der Waals surface area contributed by atoms with Crippen molar-refractivity contribution in [2.75, 3.05) is 7.11 Å². The number of carbonyl (C=O) groups is 1. The highest BCUT2D eigenvalue weighted by Gasteiger charge is 2.28. The van der Waals surface area contributed by atoms with Crippen LogP contribution >= 0.6 is 23.4 Å². The minimum Gasteiger partial charge on any atom is -0.469 e. The summed E-state index contributed by atoms with van der Waals surface area (Å²) < 4.78 is 6.93. The van der Waals surface area contributed by atoms with Crippen LogP contribution in [-0.2, 0) is 28.2 Å². The fourth-order valence-corrected chi connectivity index (χ4v) is 3.51. The van der Waals surface area contributed by atoms with Gasteiger partial charge in [-0.3, -0.25) is 4.79 Å². The number of thioether (sulfide) groups is 1. The summed E-state index contributed by atoms with van der Waals surface area (Å²) in [5, 5.41) is 9.22. The molecule has 0 fully saturated rings. The molecule has 0 saturated heterocycles. The summed E-state index contributed by atoms with van der Waals surface area (Å²) in [6, 6.07) is 7.75. The lowest BCUT2D eigenvalue weighted by molar-refractivity contribution is -0.146. The SMILES string of the molecule is COC(=O)C1CCn2c(CSc3ccc(Cl)cc3)nnc2C1. The van der Waals surface area contributed by atoms with E-state index in [0.29, 0.717) is 6.42 Å². The van der Waals surface area contributed by atoms with Crippen molar-refractivity contribution in [1.29, 1.82) is 0 Å². The smallest absolute Gasteiger partial charge is 0.309 e. The number of methoxy groups -OCH3 is 1. The summed E-state index contributed by atoms with van der Waals surface area (Å²) in [4.78, 5) is 12.8. The number of aromatic nitrogens is 3. The molecule has 0 spiro atoms. The van der Waals surface area contributed by atoms with E-state index in [1.807, 2.05) is 24.3 Å². The number of nitrogens with zero attached hydrogens (tertiary/aromatic N) is 3. The van der Waals surface area contributed by atoms with Gasteiger partial charge in [0, 0.05) is 22.9 Å². The molecule has 1 aliphatic heterocycles. The van der Waals surface area contributed by atoms with E-state index < -0.39 is 0 Å². The Morgan fingerprint density at radius 2 is 2.18 bits per heavy atom. The molecule has 1 aliphatic rings. The maximum absolute atomic E-state index is 11.6. The zero-order valence-corrected chi connectivity index (χ0v) is 13.7. The van der Waals surface area contributed by atoms with Crippen molar-refractivity contribution in [1.82, 2.24) is 14.8 Å². The monoisotopic (exact) mass is 337 g/mol. The van der Waals surface area contributed by atoms with E-state index in [-0.39, 0.29) is 11.9 Å². The van der Waals surface area contributed by atoms with E-state index >= 15 is 0 Å². The number of carbonyl (C=O) groups excluding carboxylic acids is 1. The maximum atomic E-state index is 11.6. The van der Waals surface area contributed by atoms with Gasteiger partial charge in [0.1, 0.15) is 11.6 Å². The molecule has 5 nitrogen and oxygen atoms in total. The molecule has 1 aromatic heterocycles. The Labute approximate surface area is 138 Å². The van der Waals surface area contributed by atoms with Crippen LogP contribution in [0, 0.1) is 5.92 Å². The molecule has 2 aromatic rings. The van der Waals surface area contributed by atoms with Crippen LogP contribution < -0.4 is 0 Å². The van der Waals surface area contributed by atoms with Gasteiger partial charge in [-0.1, -0.05) is 11.6 Å². The molecule has 1 unspecified atom stereocenters. The van der Waals surface area contributed by atoms with Crippen LogP contribution in [-0.4, -0.2) is 27.8 Å². The van der Waals surface area contributed by atoms with Crippen LogP contribution in [0.15, 0.2) is 29.2 Å². The molecule has 0 saturated carbocycles. The average molecular weight is 338 g/mol. The van der Waals surface area contributed by atoms with Gasteiger partial charge in [-0.2, -0.15) is 0 Å². The standard InChI is InChI=1S/C15H16ClN3O2S/c1-21-15(20)10-6-7-19-13(8-10)17-18-14(19)9-22-12-4-2-11(16)3-5-12/h2-5,10H,6-9H2,1H3. The summed E-state index contributed by atoms with van der Waals surface area (Å²) in [6.45, 7) is 0.763.